The summed E-state index contributed by atoms with van der Waals surface area (Å²) in [7, 11) is 0. The van der Waals surface area contributed by atoms with Gasteiger partial charge in [-0.15, -0.1) is 0 Å². The Kier molecular flexibility index (Phi) is 3.08. The van der Waals surface area contributed by atoms with Gasteiger partial charge in [0.05, 0.1) is 11.5 Å². The van der Waals surface area contributed by atoms with Gasteiger partial charge in [0.15, 0.2) is 0 Å². The maximum atomic E-state index is 9.53. The molecule has 0 aliphatic heterocycles. The molecule has 0 atom stereocenters. The first kappa shape index (κ1) is 12.6. The minimum atomic E-state index is -0.266. The molecule has 0 aromatic heterocycles. The number of rotatable bonds is 1. The van der Waals surface area contributed by atoms with Crippen molar-refractivity contribution in [2.24, 2.45) is 11.3 Å². The largest absolute Gasteiger partial charge is 0.197 e. The van der Waals surface area contributed by atoms with Gasteiger partial charge in [-0.2, -0.15) is 5.26 Å². The third-order valence-corrected chi connectivity index (χ3v) is 4.71. The minimum absolute atomic E-state index is 0.266. The molecule has 90 valence electrons. The first-order chi connectivity index (χ1) is 7.89. The normalized spacial score (nSPS) is 28.3. The Morgan fingerprint density at radius 2 is 1.88 bits per heavy atom. The average Bonchev–Trinajstić information content (AvgIpc) is 2.18. The van der Waals surface area contributed by atoms with Gasteiger partial charge in [0.25, 0.3) is 0 Å². The maximum absolute atomic E-state index is 9.53. The summed E-state index contributed by atoms with van der Waals surface area (Å²) in [5, 5.41) is 9.53. The molecule has 2 heteroatoms. The third kappa shape index (κ3) is 2.13. The van der Waals surface area contributed by atoms with Crippen LogP contribution in [0.1, 0.15) is 39.2 Å². The molecule has 1 aromatic carbocycles. The van der Waals surface area contributed by atoms with Gasteiger partial charge in [-0.05, 0) is 35.8 Å². The van der Waals surface area contributed by atoms with E-state index < -0.39 is 0 Å². The van der Waals surface area contributed by atoms with Gasteiger partial charge in [-0.25, -0.2) is 0 Å². The number of benzene rings is 1. The van der Waals surface area contributed by atoms with Crippen LogP contribution in [0.15, 0.2) is 28.7 Å². The molecule has 0 unspecified atom stereocenters. The number of halogens is 1. The second kappa shape index (κ2) is 4.14. The summed E-state index contributed by atoms with van der Waals surface area (Å²) in [4.78, 5) is 0. The van der Waals surface area contributed by atoms with Gasteiger partial charge in [0.2, 0.25) is 0 Å². The Morgan fingerprint density at radius 1 is 1.29 bits per heavy atom. The standard InChI is InChI=1S/C15H18BrN/c1-14(2,3)11-8-15(9-11,10-17)12-6-4-5-7-13(12)16/h4-7,11H,8-9H2,1-3H3. The highest BCUT2D eigenvalue weighted by Gasteiger charge is 2.50. The van der Waals surface area contributed by atoms with E-state index >= 15 is 0 Å². The Morgan fingerprint density at radius 3 is 2.35 bits per heavy atom. The van der Waals surface area contributed by atoms with Gasteiger partial charge in [0, 0.05) is 4.47 Å². The Bertz CT molecular complexity index is 459. The first-order valence-electron chi connectivity index (χ1n) is 6.05. The van der Waals surface area contributed by atoms with Crippen LogP contribution in [0.2, 0.25) is 0 Å². The van der Waals surface area contributed by atoms with Crippen LogP contribution in [0.25, 0.3) is 0 Å². The van der Waals surface area contributed by atoms with Crippen molar-refractivity contribution < 1.29 is 0 Å². The van der Waals surface area contributed by atoms with Gasteiger partial charge in [-0.1, -0.05) is 54.9 Å². The molecule has 0 saturated heterocycles. The lowest BCUT2D eigenvalue weighted by Crippen LogP contribution is -2.45. The molecule has 0 heterocycles. The van der Waals surface area contributed by atoms with E-state index in [1.54, 1.807) is 0 Å². The molecule has 0 amide bonds. The number of nitrogens with zero attached hydrogens (tertiary/aromatic N) is 1. The molecule has 1 nitrogen and oxygen atoms in total. The maximum Gasteiger partial charge on any atom is 0.0838 e. The highest BCUT2D eigenvalue weighted by molar-refractivity contribution is 9.10. The van der Waals surface area contributed by atoms with Crippen LogP contribution in [0.5, 0.6) is 0 Å². The van der Waals surface area contributed by atoms with E-state index in [0.29, 0.717) is 11.3 Å². The van der Waals surface area contributed by atoms with E-state index in [9.17, 15) is 5.26 Å². The Balaban J connectivity index is 2.27. The Labute approximate surface area is 112 Å². The van der Waals surface area contributed by atoms with E-state index in [1.165, 1.54) is 0 Å². The van der Waals surface area contributed by atoms with Crippen LogP contribution in [0.4, 0.5) is 0 Å². The van der Waals surface area contributed by atoms with Crippen molar-refractivity contribution in [2.45, 2.75) is 39.0 Å². The van der Waals surface area contributed by atoms with Crippen molar-refractivity contribution in [1.29, 1.82) is 5.26 Å². The second-order valence-electron chi connectivity index (χ2n) is 6.14. The van der Waals surface area contributed by atoms with Gasteiger partial charge in [0.1, 0.15) is 0 Å². The SMILES string of the molecule is CC(C)(C)C1CC(C#N)(c2ccccc2Br)C1. The lowest BCUT2D eigenvalue weighted by Gasteiger charge is -2.49. The van der Waals surface area contributed by atoms with Gasteiger partial charge >= 0.3 is 0 Å². The fraction of sp³-hybridized carbons (Fsp3) is 0.533. The lowest BCUT2D eigenvalue weighted by molar-refractivity contribution is 0.0779. The van der Waals surface area contributed by atoms with E-state index in [2.05, 4.69) is 48.8 Å². The van der Waals surface area contributed by atoms with E-state index in [1.807, 2.05) is 18.2 Å². The van der Waals surface area contributed by atoms with Crippen LogP contribution in [0.3, 0.4) is 0 Å². The molecule has 0 bridgehead atoms. The number of hydrogen-bond donors (Lipinski definition) is 0. The summed E-state index contributed by atoms with van der Waals surface area (Å²) in [5.41, 5.74) is 1.20. The summed E-state index contributed by atoms with van der Waals surface area (Å²) < 4.78 is 1.06. The highest BCUT2D eigenvalue weighted by Crippen LogP contribution is 2.55. The molecule has 1 saturated carbocycles. The lowest BCUT2D eigenvalue weighted by atomic mass is 9.53. The number of nitriles is 1. The van der Waals surface area contributed by atoms with E-state index in [-0.39, 0.29) is 5.41 Å². The predicted molar refractivity (Wildman–Crippen MR) is 73.6 cm³/mol. The highest BCUT2D eigenvalue weighted by atomic mass is 79.9. The van der Waals surface area contributed by atoms with Crippen LogP contribution in [-0.4, -0.2) is 0 Å². The smallest absolute Gasteiger partial charge is 0.0838 e. The topological polar surface area (TPSA) is 23.8 Å². The van der Waals surface area contributed by atoms with Crippen molar-refractivity contribution >= 4 is 15.9 Å². The molecule has 0 N–H and O–H groups in total. The summed E-state index contributed by atoms with van der Waals surface area (Å²) >= 11 is 3.57. The van der Waals surface area contributed by atoms with Gasteiger partial charge < -0.3 is 0 Å². The second-order valence-corrected chi connectivity index (χ2v) is 7.00. The van der Waals surface area contributed by atoms with Crippen molar-refractivity contribution in [3.8, 4) is 6.07 Å². The molecule has 0 spiro atoms. The van der Waals surface area contributed by atoms with Crippen molar-refractivity contribution in [2.75, 3.05) is 0 Å². The summed E-state index contributed by atoms with van der Waals surface area (Å²) in [5.74, 6) is 0.647. The van der Waals surface area contributed by atoms with Crippen LogP contribution < -0.4 is 0 Å². The molecule has 17 heavy (non-hydrogen) atoms. The third-order valence-electron chi connectivity index (χ3n) is 4.02. The minimum Gasteiger partial charge on any atom is -0.197 e. The van der Waals surface area contributed by atoms with E-state index in [0.717, 1.165) is 22.9 Å². The summed E-state index contributed by atoms with van der Waals surface area (Å²) in [6.07, 6.45) is 1.96. The monoisotopic (exact) mass is 291 g/mol. The Hall–Kier alpha value is -0.810. The van der Waals surface area contributed by atoms with Crippen molar-refractivity contribution in [3.63, 3.8) is 0 Å². The van der Waals surface area contributed by atoms with Gasteiger partial charge in [-0.3, -0.25) is 0 Å². The fourth-order valence-corrected chi connectivity index (χ4v) is 3.28. The summed E-state index contributed by atoms with van der Waals surface area (Å²) in [6.45, 7) is 6.79. The van der Waals surface area contributed by atoms with Crippen LogP contribution in [-0.2, 0) is 5.41 Å². The zero-order valence-electron chi connectivity index (χ0n) is 10.6. The zero-order chi connectivity index (χ0) is 12.7. The molecule has 1 aliphatic rings. The van der Waals surface area contributed by atoms with Crippen molar-refractivity contribution in [1.82, 2.24) is 0 Å². The molecular weight excluding hydrogens is 274 g/mol. The van der Waals surface area contributed by atoms with Crippen molar-refractivity contribution in [3.05, 3.63) is 34.3 Å². The molecule has 1 fully saturated rings. The zero-order valence-corrected chi connectivity index (χ0v) is 12.2. The average molecular weight is 292 g/mol. The predicted octanol–water partition coefficient (Wildman–Crippen LogP) is 4.67. The molecule has 2 rings (SSSR count). The summed E-state index contributed by atoms with van der Waals surface area (Å²) in [6, 6.07) is 10.7. The molecular formula is C15H18BrN. The fourth-order valence-electron chi connectivity index (χ4n) is 2.61. The molecule has 0 radical (unpaired) electrons. The van der Waals surface area contributed by atoms with Crippen LogP contribution in [0, 0.1) is 22.7 Å². The van der Waals surface area contributed by atoms with Crippen LogP contribution >= 0.6 is 15.9 Å². The van der Waals surface area contributed by atoms with E-state index in [4.69, 9.17) is 0 Å². The molecule has 1 aliphatic carbocycles. The number of hydrogen-bond acceptors (Lipinski definition) is 1. The molecule has 1 aromatic rings. The quantitative estimate of drug-likeness (QED) is 0.738. The first-order valence-corrected chi connectivity index (χ1v) is 6.85.